The standard InChI is InChI=1S/C14H12F2N2OS/c1-20-10-4-2-9(3-5-10)18-14(19)8-6-11(15)13(17)12(16)7-8/h2-7H,17H2,1H3,(H,18,19). The maximum atomic E-state index is 13.3. The van der Waals surface area contributed by atoms with Crippen LogP contribution >= 0.6 is 11.8 Å². The van der Waals surface area contributed by atoms with Crippen molar-refractivity contribution in [1.82, 2.24) is 0 Å². The smallest absolute Gasteiger partial charge is 0.255 e. The number of thioether (sulfide) groups is 1. The van der Waals surface area contributed by atoms with Crippen LogP contribution in [0.4, 0.5) is 20.2 Å². The number of nitrogens with one attached hydrogen (secondary N) is 1. The van der Waals surface area contributed by atoms with Gasteiger partial charge in [-0.15, -0.1) is 11.8 Å². The predicted octanol–water partition coefficient (Wildman–Crippen LogP) is 3.52. The Balaban J connectivity index is 2.19. The summed E-state index contributed by atoms with van der Waals surface area (Å²) in [6, 6.07) is 8.92. The molecule has 0 fully saturated rings. The first-order chi connectivity index (χ1) is 9.51. The molecule has 2 aromatic carbocycles. The summed E-state index contributed by atoms with van der Waals surface area (Å²) in [6.45, 7) is 0. The van der Waals surface area contributed by atoms with Crippen LogP contribution in [-0.4, -0.2) is 12.2 Å². The molecule has 0 radical (unpaired) electrons. The lowest BCUT2D eigenvalue weighted by atomic mass is 10.1. The monoisotopic (exact) mass is 294 g/mol. The van der Waals surface area contributed by atoms with Crippen molar-refractivity contribution in [3.8, 4) is 0 Å². The molecule has 3 nitrogen and oxygen atoms in total. The van der Waals surface area contributed by atoms with E-state index in [4.69, 9.17) is 5.73 Å². The summed E-state index contributed by atoms with van der Waals surface area (Å²) in [6.07, 6.45) is 1.94. The van der Waals surface area contributed by atoms with E-state index in [1.165, 1.54) is 0 Å². The molecule has 0 saturated heterocycles. The van der Waals surface area contributed by atoms with Crippen molar-refractivity contribution in [2.75, 3.05) is 17.3 Å². The van der Waals surface area contributed by atoms with Gasteiger partial charge in [-0.05, 0) is 42.7 Å². The number of hydrogen-bond donors (Lipinski definition) is 2. The molecule has 3 N–H and O–H groups in total. The third-order valence-corrected chi connectivity index (χ3v) is 3.43. The third-order valence-electron chi connectivity index (χ3n) is 2.69. The number of carbonyl (C=O) groups excluding carboxylic acids is 1. The molecule has 0 aliphatic heterocycles. The molecule has 0 saturated carbocycles. The van der Waals surface area contributed by atoms with Crippen LogP contribution < -0.4 is 11.1 Å². The molecule has 20 heavy (non-hydrogen) atoms. The van der Waals surface area contributed by atoms with Gasteiger partial charge in [0.1, 0.15) is 17.3 Å². The van der Waals surface area contributed by atoms with Crippen LogP contribution in [0.15, 0.2) is 41.3 Å². The van der Waals surface area contributed by atoms with Gasteiger partial charge in [-0.2, -0.15) is 0 Å². The average molecular weight is 294 g/mol. The summed E-state index contributed by atoms with van der Waals surface area (Å²) < 4.78 is 26.6. The minimum atomic E-state index is -0.951. The molecule has 2 aromatic rings. The highest BCUT2D eigenvalue weighted by atomic mass is 32.2. The summed E-state index contributed by atoms with van der Waals surface area (Å²) in [5.41, 5.74) is 4.98. The van der Waals surface area contributed by atoms with Gasteiger partial charge in [-0.25, -0.2) is 8.78 Å². The van der Waals surface area contributed by atoms with Gasteiger partial charge < -0.3 is 11.1 Å². The Kier molecular flexibility index (Phi) is 4.24. The van der Waals surface area contributed by atoms with Crippen molar-refractivity contribution >= 4 is 29.0 Å². The zero-order chi connectivity index (χ0) is 14.7. The first-order valence-electron chi connectivity index (χ1n) is 5.71. The Bertz CT molecular complexity index is 621. The van der Waals surface area contributed by atoms with Gasteiger partial charge in [-0.1, -0.05) is 0 Å². The normalized spacial score (nSPS) is 10.3. The van der Waals surface area contributed by atoms with Crippen LogP contribution in [0.3, 0.4) is 0 Å². The second kappa shape index (κ2) is 5.92. The van der Waals surface area contributed by atoms with E-state index in [-0.39, 0.29) is 5.56 Å². The van der Waals surface area contributed by atoms with Gasteiger partial charge in [0.2, 0.25) is 0 Å². The zero-order valence-corrected chi connectivity index (χ0v) is 11.4. The quantitative estimate of drug-likeness (QED) is 0.672. The average Bonchev–Trinajstić information content (AvgIpc) is 2.45. The molecule has 0 unspecified atom stereocenters. The van der Waals surface area contributed by atoms with Crippen LogP contribution in [0.5, 0.6) is 0 Å². The molecule has 6 heteroatoms. The lowest BCUT2D eigenvalue weighted by molar-refractivity contribution is 0.102. The summed E-state index contributed by atoms with van der Waals surface area (Å²) in [5, 5.41) is 2.56. The van der Waals surface area contributed by atoms with E-state index in [9.17, 15) is 13.6 Å². The predicted molar refractivity (Wildman–Crippen MR) is 76.9 cm³/mol. The minimum absolute atomic E-state index is 0.122. The fraction of sp³-hybridized carbons (Fsp3) is 0.0714. The zero-order valence-electron chi connectivity index (χ0n) is 10.6. The first-order valence-corrected chi connectivity index (χ1v) is 6.93. The molecule has 0 aliphatic carbocycles. The summed E-state index contributed by atoms with van der Waals surface area (Å²) in [4.78, 5) is 12.9. The number of nitrogen functional groups attached to an aromatic ring is 1. The van der Waals surface area contributed by atoms with E-state index in [0.29, 0.717) is 5.69 Å². The molecule has 0 bridgehead atoms. The fourth-order valence-corrected chi connectivity index (χ4v) is 2.00. The maximum absolute atomic E-state index is 13.3. The molecule has 0 atom stereocenters. The Labute approximate surface area is 119 Å². The largest absolute Gasteiger partial charge is 0.394 e. The van der Waals surface area contributed by atoms with E-state index in [0.717, 1.165) is 17.0 Å². The Hall–Kier alpha value is -2.08. The Morgan fingerprint density at radius 2 is 1.70 bits per heavy atom. The SMILES string of the molecule is CSc1ccc(NC(=O)c2cc(F)c(N)c(F)c2)cc1. The molecule has 104 valence electrons. The second-order valence-corrected chi connectivity index (χ2v) is 4.92. The van der Waals surface area contributed by atoms with Crippen molar-refractivity contribution in [2.24, 2.45) is 0 Å². The molecule has 0 aliphatic rings. The van der Waals surface area contributed by atoms with E-state index in [1.807, 2.05) is 18.4 Å². The number of amides is 1. The van der Waals surface area contributed by atoms with Crippen LogP contribution in [0.1, 0.15) is 10.4 Å². The van der Waals surface area contributed by atoms with Crippen molar-refractivity contribution in [3.63, 3.8) is 0 Å². The first kappa shape index (κ1) is 14.3. The van der Waals surface area contributed by atoms with Crippen molar-refractivity contribution < 1.29 is 13.6 Å². The highest BCUT2D eigenvalue weighted by Gasteiger charge is 2.13. The van der Waals surface area contributed by atoms with E-state index in [2.05, 4.69) is 5.32 Å². The maximum Gasteiger partial charge on any atom is 0.255 e. The molecule has 0 aromatic heterocycles. The number of anilines is 2. The van der Waals surface area contributed by atoms with Crippen LogP contribution in [0, 0.1) is 11.6 Å². The number of carbonyl (C=O) groups is 1. The van der Waals surface area contributed by atoms with Gasteiger partial charge >= 0.3 is 0 Å². The Morgan fingerprint density at radius 1 is 1.15 bits per heavy atom. The van der Waals surface area contributed by atoms with Crippen LogP contribution in [-0.2, 0) is 0 Å². The second-order valence-electron chi connectivity index (χ2n) is 4.04. The van der Waals surface area contributed by atoms with E-state index >= 15 is 0 Å². The van der Waals surface area contributed by atoms with Gasteiger partial charge in [0.25, 0.3) is 5.91 Å². The summed E-state index contributed by atoms with van der Waals surface area (Å²) in [7, 11) is 0. The van der Waals surface area contributed by atoms with Gasteiger partial charge in [0.05, 0.1) is 0 Å². The number of nitrogens with two attached hydrogens (primary N) is 1. The van der Waals surface area contributed by atoms with Crippen molar-refractivity contribution in [1.29, 1.82) is 0 Å². The van der Waals surface area contributed by atoms with Gasteiger partial charge in [0.15, 0.2) is 0 Å². The molecule has 0 heterocycles. The minimum Gasteiger partial charge on any atom is -0.394 e. The molecule has 0 spiro atoms. The van der Waals surface area contributed by atoms with Gasteiger partial charge in [-0.3, -0.25) is 4.79 Å². The van der Waals surface area contributed by atoms with Crippen LogP contribution in [0.2, 0.25) is 0 Å². The molecular weight excluding hydrogens is 282 g/mol. The Morgan fingerprint density at radius 3 is 2.20 bits per heavy atom. The van der Waals surface area contributed by atoms with E-state index < -0.39 is 23.2 Å². The number of hydrogen-bond acceptors (Lipinski definition) is 3. The number of benzene rings is 2. The molecule has 1 amide bonds. The van der Waals surface area contributed by atoms with Crippen LogP contribution in [0.25, 0.3) is 0 Å². The third kappa shape index (κ3) is 3.08. The highest BCUT2D eigenvalue weighted by molar-refractivity contribution is 7.98. The lowest BCUT2D eigenvalue weighted by Gasteiger charge is -2.07. The van der Waals surface area contributed by atoms with Gasteiger partial charge in [0, 0.05) is 16.1 Å². The molecule has 2 rings (SSSR count). The summed E-state index contributed by atoms with van der Waals surface area (Å²) in [5.74, 6) is -2.50. The van der Waals surface area contributed by atoms with E-state index in [1.54, 1.807) is 23.9 Å². The van der Waals surface area contributed by atoms with Crippen molar-refractivity contribution in [2.45, 2.75) is 4.90 Å². The number of rotatable bonds is 3. The molecular formula is C14H12F2N2OS. The number of halogens is 2. The fourth-order valence-electron chi connectivity index (χ4n) is 1.59. The highest BCUT2D eigenvalue weighted by Crippen LogP contribution is 2.20. The summed E-state index contributed by atoms with van der Waals surface area (Å²) >= 11 is 1.57. The van der Waals surface area contributed by atoms with Crippen molar-refractivity contribution in [3.05, 3.63) is 53.6 Å². The topological polar surface area (TPSA) is 55.1 Å². The lowest BCUT2D eigenvalue weighted by Crippen LogP contribution is -2.13.